The number of benzene rings is 1. The van der Waals surface area contributed by atoms with E-state index in [0.29, 0.717) is 11.2 Å². The maximum atomic E-state index is 11.6. The molecule has 0 bridgehead atoms. The van der Waals surface area contributed by atoms with Crippen molar-refractivity contribution in [2.45, 2.75) is 5.16 Å². The number of anilines is 2. The third kappa shape index (κ3) is 3.46. The number of fused-ring (bicyclic) bond motifs is 1. The van der Waals surface area contributed by atoms with Gasteiger partial charge in [-0.25, -0.2) is 28.4 Å². The van der Waals surface area contributed by atoms with Crippen LogP contribution in [0.25, 0.3) is 11.0 Å². The number of rotatable bonds is 4. The molecule has 0 saturated heterocycles. The molecule has 1 aromatic carbocycles. The third-order valence-corrected chi connectivity index (χ3v) is 4.27. The van der Waals surface area contributed by atoms with Gasteiger partial charge in [0.1, 0.15) is 22.4 Å². The first-order valence-electron chi connectivity index (χ1n) is 6.64. The monoisotopic (exact) mass is 380 g/mol. The van der Waals surface area contributed by atoms with Crippen molar-refractivity contribution >= 4 is 49.7 Å². The Hall–Kier alpha value is -2.92. The van der Waals surface area contributed by atoms with Gasteiger partial charge in [0.05, 0.1) is 11.1 Å². The summed E-state index contributed by atoms with van der Waals surface area (Å²) in [7, 11) is -3.62. The summed E-state index contributed by atoms with van der Waals surface area (Å²) in [5.74, 6) is 0.175. The lowest BCUT2D eigenvalue weighted by atomic mass is 10.2. The first-order chi connectivity index (χ1) is 11.8. The van der Waals surface area contributed by atoms with Gasteiger partial charge in [-0.15, -0.1) is 0 Å². The average Bonchev–Trinajstić information content (AvgIpc) is 2.55. The number of nitrogens with one attached hydrogen (secondary N) is 1. The second-order valence-electron chi connectivity index (χ2n) is 4.93. The van der Waals surface area contributed by atoms with Crippen molar-refractivity contribution in [2.75, 3.05) is 11.6 Å². The summed E-state index contributed by atoms with van der Waals surface area (Å²) in [6.07, 6.45) is 3.47. The summed E-state index contributed by atoms with van der Waals surface area (Å²) in [6.45, 7) is 0. The lowest BCUT2D eigenvalue weighted by molar-refractivity contribution is -0.384. The Morgan fingerprint density at radius 3 is 2.68 bits per heavy atom. The molecule has 2 heterocycles. The van der Waals surface area contributed by atoms with Crippen LogP contribution in [0.4, 0.5) is 17.2 Å². The first kappa shape index (κ1) is 16.9. The minimum absolute atomic E-state index is 0.00946. The van der Waals surface area contributed by atoms with Crippen LogP contribution < -0.4 is 5.32 Å². The van der Waals surface area contributed by atoms with Gasteiger partial charge >= 0.3 is 0 Å². The lowest BCUT2D eigenvalue weighted by Gasteiger charge is -2.08. The van der Waals surface area contributed by atoms with E-state index < -0.39 is 14.8 Å². The molecule has 0 saturated carbocycles. The predicted molar refractivity (Wildman–Crippen MR) is 89.6 cm³/mol. The molecule has 0 unspecified atom stereocenters. The van der Waals surface area contributed by atoms with Gasteiger partial charge < -0.3 is 5.32 Å². The van der Waals surface area contributed by atoms with E-state index in [9.17, 15) is 18.5 Å². The molecule has 3 rings (SSSR count). The van der Waals surface area contributed by atoms with Gasteiger partial charge in [0.15, 0.2) is 5.82 Å². The largest absolute Gasteiger partial charge is 0.338 e. The summed E-state index contributed by atoms with van der Waals surface area (Å²) in [5.41, 5.74) is 0.524. The number of nitro benzene ring substituents is 1. The Morgan fingerprint density at radius 2 is 2.00 bits per heavy atom. The molecule has 0 spiro atoms. The van der Waals surface area contributed by atoms with E-state index >= 15 is 0 Å². The fourth-order valence-corrected chi connectivity index (χ4v) is 2.66. The van der Waals surface area contributed by atoms with Gasteiger partial charge in [-0.3, -0.25) is 10.1 Å². The van der Waals surface area contributed by atoms with Crippen molar-refractivity contribution in [1.29, 1.82) is 0 Å². The summed E-state index contributed by atoms with van der Waals surface area (Å²) in [4.78, 5) is 26.1. The molecule has 0 amide bonds. The highest BCUT2D eigenvalue weighted by Crippen LogP contribution is 2.29. The molecular formula is C13H9ClN6O4S. The molecule has 0 aliphatic rings. The summed E-state index contributed by atoms with van der Waals surface area (Å²) >= 11 is 5.78. The van der Waals surface area contributed by atoms with E-state index in [-0.39, 0.29) is 27.2 Å². The van der Waals surface area contributed by atoms with Crippen LogP contribution in [0.1, 0.15) is 0 Å². The molecule has 0 aliphatic heterocycles. The van der Waals surface area contributed by atoms with Gasteiger partial charge in [-0.05, 0) is 12.1 Å². The van der Waals surface area contributed by atoms with E-state index in [1.807, 2.05) is 0 Å². The van der Waals surface area contributed by atoms with Gasteiger partial charge in [-0.1, -0.05) is 11.6 Å². The van der Waals surface area contributed by atoms with E-state index in [2.05, 4.69) is 25.3 Å². The van der Waals surface area contributed by atoms with E-state index in [4.69, 9.17) is 11.6 Å². The van der Waals surface area contributed by atoms with Gasteiger partial charge in [0.2, 0.25) is 15.0 Å². The number of hydrogen-bond acceptors (Lipinski definition) is 9. The summed E-state index contributed by atoms with van der Waals surface area (Å²) in [5, 5.41) is 13.4. The number of nitrogens with zero attached hydrogens (tertiary/aromatic N) is 5. The number of sulfone groups is 1. The summed E-state index contributed by atoms with van der Waals surface area (Å²) in [6, 6.07) is 4.11. The van der Waals surface area contributed by atoms with Crippen LogP contribution in [-0.4, -0.2) is 39.5 Å². The fraction of sp³-hybridized carbons (Fsp3) is 0.0769. The molecule has 0 atom stereocenters. The zero-order valence-corrected chi connectivity index (χ0v) is 14.1. The zero-order valence-electron chi connectivity index (χ0n) is 12.5. The molecular weight excluding hydrogens is 372 g/mol. The molecule has 25 heavy (non-hydrogen) atoms. The van der Waals surface area contributed by atoms with Crippen molar-refractivity contribution in [3.05, 3.63) is 45.9 Å². The standard InChI is InChI=1S/C13H9ClN6O4S/c1-25(23,24)13-15-5-9-11(19-13)12(17-6-16-9)18-7-2-3-8(14)10(4-7)20(21)22/h2-6H,1H3,(H,16,17,18). The van der Waals surface area contributed by atoms with Crippen LogP contribution in [0.3, 0.4) is 0 Å². The van der Waals surface area contributed by atoms with E-state index in [0.717, 1.165) is 6.26 Å². The highest BCUT2D eigenvalue weighted by Gasteiger charge is 2.16. The topological polar surface area (TPSA) is 141 Å². The molecule has 128 valence electrons. The highest BCUT2D eigenvalue weighted by molar-refractivity contribution is 7.90. The van der Waals surface area contributed by atoms with Crippen molar-refractivity contribution in [3.63, 3.8) is 0 Å². The molecule has 10 nitrogen and oxygen atoms in total. The van der Waals surface area contributed by atoms with Crippen molar-refractivity contribution in [1.82, 2.24) is 19.9 Å². The van der Waals surface area contributed by atoms with Crippen LogP contribution in [0.5, 0.6) is 0 Å². The van der Waals surface area contributed by atoms with Crippen molar-refractivity contribution in [3.8, 4) is 0 Å². The Morgan fingerprint density at radius 1 is 1.24 bits per heavy atom. The van der Waals surface area contributed by atoms with Crippen molar-refractivity contribution in [2.24, 2.45) is 0 Å². The van der Waals surface area contributed by atoms with Crippen LogP contribution in [0.2, 0.25) is 5.02 Å². The lowest BCUT2D eigenvalue weighted by Crippen LogP contribution is -2.06. The Labute approximate surface area is 146 Å². The van der Waals surface area contributed by atoms with Crippen LogP contribution in [0.15, 0.2) is 35.9 Å². The molecule has 0 radical (unpaired) electrons. The highest BCUT2D eigenvalue weighted by atomic mass is 35.5. The van der Waals surface area contributed by atoms with Crippen LogP contribution in [-0.2, 0) is 9.84 Å². The van der Waals surface area contributed by atoms with Crippen LogP contribution in [0, 0.1) is 10.1 Å². The normalized spacial score (nSPS) is 11.4. The van der Waals surface area contributed by atoms with Gasteiger partial charge in [0.25, 0.3) is 5.69 Å². The maximum absolute atomic E-state index is 11.6. The van der Waals surface area contributed by atoms with Gasteiger partial charge in [-0.2, -0.15) is 0 Å². The maximum Gasteiger partial charge on any atom is 0.289 e. The average molecular weight is 381 g/mol. The first-order valence-corrected chi connectivity index (χ1v) is 8.91. The van der Waals surface area contributed by atoms with Gasteiger partial charge in [0, 0.05) is 18.0 Å². The number of aromatic nitrogens is 4. The second kappa shape index (κ2) is 6.18. The second-order valence-corrected chi connectivity index (χ2v) is 7.25. The zero-order chi connectivity index (χ0) is 18.2. The molecule has 1 N–H and O–H groups in total. The summed E-state index contributed by atoms with van der Waals surface area (Å²) < 4.78 is 23.3. The number of hydrogen-bond donors (Lipinski definition) is 1. The third-order valence-electron chi connectivity index (χ3n) is 3.09. The SMILES string of the molecule is CS(=O)(=O)c1ncc2ncnc(Nc3ccc(Cl)c([N+](=O)[O-])c3)c2n1. The fourth-order valence-electron chi connectivity index (χ4n) is 1.98. The molecule has 3 aromatic rings. The van der Waals surface area contributed by atoms with Crippen LogP contribution >= 0.6 is 11.6 Å². The molecule has 0 aliphatic carbocycles. The smallest absolute Gasteiger partial charge is 0.289 e. The van der Waals surface area contributed by atoms with E-state index in [1.165, 1.54) is 30.7 Å². The molecule has 0 fully saturated rings. The minimum atomic E-state index is -3.62. The number of halogens is 1. The van der Waals surface area contributed by atoms with Crippen molar-refractivity contribution < 1.29 is 13.3 Å². The Bertz CT molecular complexity index is 1100. The quantitative estimate of drug-likeness (QED) is 0.409. The predicted octanol–water partition coefficient (Wildman–Crippen LogP) is 2.13. The number of nitro groups is 1. The molecule has 2 aromatic heterocycles. The minimum Gasteiger partial charge on any atom is -0.338 e. The molecule has 12 heteroatoms. The Kier molecular flexibility index (Phi) is 4.18. The Balaban J connectivity index is 2.10. The van der Waals surface area contributed by atoms with E-state index in [1.54, 1.807) is 0 Å².